The summed E-state index contributed by atoms with van der Waals surface area (Å²) >= 11 is 0.973. The van der Waals surface area contributed by atoms with Crippen LogP contribution >= 0.6 is 11.3 Å². The van der Waals surface area contributed by atoms with Gasteiger partial charge in [-0.3, -0.25) is 24.1 Å². The van der Waals surface area contributed by atoms with Crippen molar-refractivity contribution in [2.75, 3.05) is 6.61 Å². The summed E-state index contributed by atoms with van der Waals surface area (Å²) in [6.07, 6.45) is 0.998. The Morgan fingerprint density at radius 3 is 2.64 bits per heavy atom. The average molecular weight is 513 g/mol. The largest absolute Gasteiger partial charge is 0.494 e. The fraction of sp³-hybridized carbons (Fsp3) is 0.292. The molecule has 1 aliphatic heterocycles. The van der Waals surface area contributed by atoms with E-state index in [4.69, 9.17) is 9.47 Å². The maximum atomic E-state index is 13.7. The molecule has 0 saturated heterocycles. The van der Waals surface area contributed by atoms with Crippen molar-refractivity contribution < 1.29 is 19.4 Å². The first-order valence-corrected chi connectivity index (χ1v) is 11.9. The second kappa shape index (κ2) is 9.82. The van der Waals surface area contributed by atoms with Crippen molar-refractivity contribution >= 4 is 23.4 Å². The van der Waals surface area contributed by atoms with Crippen LogP contribution in [0.2, 0.25) is 0 Å². The third-order valence-corrected chi connectivity index (χ3v) is 6.31. The van der Waals surface area contributed by atoms with Crippen molar-refractivity contribution in [3.05, 3.63) is 87.2 Å². The number of carbonyl (C=O) groups is 1. The molecule has 1 aromatic carbocycles. The Balaban J connectivity index is 2.03. The molecule has 11 nitrogen and oxygen atoms in total. The van der Waals surface area contributed by atoms with Crippen LogP contribution in [0.4, 0.5) is 0 Å². The highest BCUT2D eigenvalue weighted by molar-refractivity contribution is 7.07. The Bertz CT molecular complexity index is 1670. The predicted molar refractivity (Wildman–Crippen MR) is 132 cm³/mol. The van der Waals surface area contributed by atoms with Crippen LogP contribution in [0.5, 0.6) is 11.6 Å². The molecule has 3 aromatic rings. The van der Waals surface area contributed by atoms with Gasteiger partial charge in [-0.2, -0.15) is 0 Å². The Hall–Kier alpha value is -4.19. The number of fused-ring (bicyclic) bond motifs is 1. The minimum atomic E-state index is -0.917. The van der Waals surface area contributed by atoms with Crippen LogP contribution in [-0.2, 0) is 9.53 Å². The maximum Gasteiger partial charge on any atom is 0.338 e. The molecular formula is C24H24N4O7S. The third-order valence-electron chi connectivity index (χ3n) is 5.33. The van der Waals surface area contributed by atoms with Gasteiger partial charge in [0.1, 0.15) is 17.4 Å². The van der Waals surface area contributed by atoms with Crippen molar-refractivity contribution in [3.63, 3.8) is 0 Å². The average Bonchev–Trinajstić information content (AvgIpc) is 3.10. The maximum absolute atomic E-state index is 13.7. The third kappa shape index (κ3) is 4.54. The van der Waals surface area contributed by atoms with E-state index in [1.165, 1.54) is 10.6 Å². The van der Waals surface area contributed by atoms with Crippen LogP contribution in [0.25, 0.3) is 6.08 Å². The Morgan fingerprint density at radius 2 is 1.97 bits per heavy atom. The molecule has 0 bridgehead atoms. The number of esters is 1. The molecule has 3 N–H and O–H groups in total. The summed E-state index contributed by atoms with van der Waals surface area (Å²) in [5.41, 5.74) is -1.48. The smallest absolute Gasteiger partial charge is 0.338 e. The first-order valence-electron chi connectivity index (χ1n) is 11.1. The molecule has 0 unspecified atom stereocenters. The van der Waals surface area contributed by atoms with Crippen molar-refractivity contribution in [1.82, 2.24) is 14.5 Å². The number of aromatic nitrogens is 3. The number of ether oxygens (including phenoxy) is 2. The van der Waals surface area contributed by atoms with Gasteiger partial charge in [-0.1, -0.05) is 29.5 Å². The van der Waals surface area contributed by atoms with Gasteiger partial charge in [0.2, 0.25) is 5.88 Å². The molecule has 1 atom stereocenters. The number of H-pyrrole nitrogens is 2. The Labute approximate surface area is 207 Å². The SMILES string of the molecule is CCOC(=O)C1=C(C)N=c2s/c(=C\c3c(O)[nH]c(=O)[nH]c3=O)c(=O)n2[C@@H]1c1ccccc1OC(C)C. The molecule has 3 heterocycles. The lowest BCUT2D eigenvalue weighted by Crippen LogP contribution is -2.40. The Morgan fingerprint density at radius 1 is 1.25 bits per heavy atom. The van der Waals surface area contributed by atoms with Gasteiger partial charge in [-0.25, -0.2) is 14.6 Å². The zero-order chi connectivity index (χ0) is 26.1. The van der Waals surface area contributed by atoms with Gasteiger partial charge in [-0.15, -0.1) is 0 Å². The first kappa shape index (κ1) is 24.9. The molecule has 0 aliphatic carbocycles. The molecule has 188 valence electrons. The number of para-hydroxylation sites is 1. The van der Waals surface area contributed by atoms with Gasteiger partial charge >= 0.3 is 11.7 Å². The summed E-state index contributed by atoms with van der Waals surface area (Å²) in [4.78, 5) is 59.2. The summed E-state index contributed by atoms with van der Waals surface area (Å²) in [6.45, 7) is 7.20. The van der Waals surface area contributed by atoms with Gasteiger partial charge in [0.25, 0.3) is 11.1 Å². The zero-order valence-corrected chi connectivity index (χ0v) is 20.8. The summed E-state index contributed by atoms with van der Waals surface area (Å²) in [5, 5.41) is 10.1. The van der Waals surface area contributed by atoms with Crippen LogP contribution in [0.15, 0.2) is 54.9 Å². The summed E-state index contributed by atoms with van der Waals surface area (Å²) in [7, 11) is 0. The quantitative estimate of drug-likeness (QED) is 0.410. The number of rotatable bonds is 6. The first-order chi connectivity index (χ1) is 17.1. The molecule has 0 amide bonds. The molecule has 36 heavy (non-hydrogen) atoms. The van der Waals surface area contributed by atoms with E-state index < -0.39 is 34.7 Å². The van der Waals surface area contributed by atoms with Crippen LogP contribution in [0, 0.1) is 0 Å². The second-order valence-electron chi connectivity index (χ2n) is 8.18. The lowest BCUT2D eigenvalue weighted by atomic mass is 9.95. The molecule has 0 radical (unpaired) electrons. The van der Waals surface area contributed by atoms with Crippen molar-refractivity contribution in [2.24, 2.45) is 4.99 Å². The van der Waals surface area contributed by atoms with E-state index in [-0.39, 0.29) is 33.2 Å². The molecule has 4 rings (SSSR count). The lowest BCUT2D eigenvalue weighted by molar-refractivity contribution is -0.139. The fourth-order valence-corrected chi connectivity index (χ4v) is 4.93. The summed E-state index contributed by atoms with van der Waals surface area (Å²) in [5.74, 6) is -0.810. The highest BCUT2D eigenvalue weighted by Crippen LogP contribution is 2.36. The number of hydrogen-bond acceptors (Lipinski definition) is 9. The number of carbonyl (C=O) groups excluding carboxylic acids is 1. The number of allylic oxidation sites excluding steroid dienone is 1. The monoisotopic (exact) mass is 512 g/mol. The zero-order valence-electron chi connectivity index (χ0n) is 19.9. The summed E-state index contributed by atoms with van der Waals surface area (Å²) in [6, 6.07) is 6.15. The lowest BCUT2D eigenvalue weighted by Gasteiger charge is -2.26. The van der Waals surface area contributed by atoms with E-state index in [2.05, 4.69) is 9.98 Å². The van der Waals surface area contributed by atoms with Gasteiger partial charge < -0.3 is 14.6 Å². The van der Waals surface area contributed by atoms with Crippen molar-refractivity contribution in [1.29, 1.82) is 0 Å². The van der Waals surface area contributed by atoms with Gasteiger partial charge in [-0.05, 0) is 39.8 Å². The number of thiazole rings is 1. The topological polar surface area (TPSA) is 156 Å². The second-order valence-corrected chi connectivity index (χ2v) is 9.19. The van der Waals surface area contributed by atoms with Crippen LogP contribution in [0.3, 0.4) is 0 Å². The number of aromatic amines is 2. The number of aromatic hydroxyl groups is 1. The predicted octanol–water partition coefficient (Wildman–Crippen LogP) is 0.668. The van der Waals surface area contributed by atoms with Crippen molar-refractivity contribution in [2.45, 2.75) is 39.8 Å². The molecule has 0 saturated carbocycles. The van der Waals surface area contributed by atoms with Crippen LogP contribution in [0.1, 0.15) is 44.9 Å². The molecule has 0 fully saturated rings. The van der Waals surface area contributed by atoms with E-state index in [1.807, 2.05) is 18.8 Å². The highest BCUT2D eigenvalue weighted by Gasteiger charge is 2.35. The van der Waals surface area contributed by atoms with E-state index in [1.54, 1.807) is 38.1 Å². The van der Waals surface area contributed by atoms with Crippen molar-refractivity contribution in [3.8, 4) is 11.6 Å². The molecule has 2 aromatic heterocycles. The number of nitrogens with zero attached hydrogens (tertiary/aromatic N) is 2. The molecule has 12 heteroatoms. The van der Waals surface area contributed by atoms with E-state index in [0.29, 0.717) is 17.0 Å². The number of nitrogens with one attached hydrogen (secondary N) is 2. The van der Waals surface area contributed by atoms with E-state index in [9.17, 15) is 24.3 Å². The summed E-state index contributed by atoms with van der Waals surface area (Å²) < 4.78 is 12.7. The van der Waals surface area contributed by atoms with Gasteiger partial charge in [0.05, 0.1) is 28.5 Å². The van der Waals surface area contributed by atoms with Crippen LogP contribution < -0.4 is 30.9 Å². The molecular weight excluding hydrogens is 488 g/mol. The molecule has 0 spiro atoms. The van der Waals surface area contributed by atoms with Gasteiger partial charge in [0.15, 0.2) is 4.80 Å². The fourth-order valence-electron chi connectivity index (χ4n) is 3.90. The van der Waals surface area contributed by atoms with Gasteiger partial charge in [0, 0.05) is 5.56 Å². The van der Waals surface area contributed by atoms with Crippen LogP contribution in [-0.4, -0.2) is 38.3 Å². The molecule has 1 aliphatic rings. The van der Waals surface area contributed by atoms with E-state index >= 15 is 0 Å². The minimum Gasteiger partial charge on any atom is -0.494 e. The normalized spacial score (nSPS) is 15.6. The van der Waals surface area contributed by atoms with E-state index in [0.717, 1.165) is 11.3 Å². The Kier molecular flexibility index (Phi) is 6.80. The highest BCUT2D eigenvalue weighted by atomic mass is 32.1. The number of hydrogen-bond donors (Lipinski definition) is 3. The standard InChI is InChI=1S/C24H24N4O7S/c1-5-34-22(32)17-12(4)25-24-28(18(17)13-8-6-7-9-15(13)35-11(2)3)21(31)16(36-24)10-14-19(29)26-23(33)27-20(14)30/h6-11,18H,5H2,1-4H3,(H3,26,27,29,30,33)/b16-10-/t18-/m1/s1. The number of benzene rings is 1. The minimum absolute atomic E-state index is 0.0618.